The van der Waals surface area contributed by atoms with Crippen molar-refractivity contribution in [3.8, 4) is 0 Å². The van der Waals surface area contributed by atoms with E-state index >= 15 is 0 Å². The Kier molecular flexibility index (Phi) is 4.83. The van der Waals surface area contributed by atoms with E-state index in [1.54, 1.807) is 0 Å². The normalized spacial score (nSPS) is 28.9. The standard InChI is InChI=1S/C14H28N2O/c1-16-9-3-4-13(5-10-16)15-12-14(6-7-14)8-11-17-2/h13,15H,3-12H2,1-2H3. The van der Waals surface area contributed by atoms with Crippen LogP contribution in [0, 0.1) is 5.41 Å². The van der Waals surface area contributed by atoms with Gasteiger partial charge in [0.2, 0.25) is 0 Å². The first-order valence-corrected chi connectivity index (χ1v) is 7.15. The first-order valence-electron chi connectivity index (χ1n) is 7.15. The summed E-state index contributed by atoms with van der Waals surface area (Å²) in [6.07, 6.45) is 8.05. The molecule has 0 aromatic carbocycles. The van der Waals surface area contributed by atoms with Crippen molar-refractivity contribution in [3.05, 3.63) is 0 Å². The van der Waals surface area contributed by atoms with Crippen molar-refractivity contribution in [2.75, 3.05) is 40.4 Å². The summed E-state index contributed by atoms with van der Waals surface area (Å²) < 4.78 is 5.21. The summed E-state index contributed by atoms with van der Waals surface area (Å²) in [6, 6.07) is 0.750. The fraction of sp³-hybridized carbons (Fsp3) is 1.00. The summed E-state index contributed by atoms with van der Waals surface area (Å²) in [6.45, 7) is 4.66. The highest BCUT2D eigenvalue weighted by Gasteiger charge is 2.41. The molecule has 100 valence electrons. The fourth-order valence-electron chi connectivity index (χ4n) is 2.82. The third kappa shape index (κ3) is 4.23. The van der Waals surface area contributed by atoms with Crippen LogP contribution in [0.4, 0.5) is 0 Å². The predicted octanol–water partition coefficient (Wildman–Crippen LogP) is 1.88. The predicted molar refractivity (Wildman–Crippen MR) is 71.3 cm³/mol. The molecule has 1 heterocycles. The Bertz CT molecular complexity index is 228. The van der Waals surface area contributed by atoms with Gasteiger partial charge in [0.25, 0.3) is 0 Å². The first-order chi connectivity index (χ1) is 8.24. The quantitative estimate of drug-likeness (QED) is 0.767. The molecular weight excluding hydrogens is 212 g/mol. The average molecular weight is 240 g/mol. The van der Waals surface area contributed by atoms with Gasteiger partial charge in [-0.05, 0) is 64.1 Å². The Morgan fingerprint density at radius 1 is 1.29 bits per heavy atom. The monoisotopic (exact) mass is 240 g/mol. The van der Waals surface area contributed by atoms with Gasteiger partial charge in [-0.2, -0.15) is 0 Å². The van der Waals surface area contributed by atoms with E-state index in [2.05, 4.69) is 17.3 Å². The van der Waals surface area contributed by atoms with Gasteiger partial charge in [-0.1, -0.05) is 0 Å². The maximum Gasteiger partial charge on any atom is 0.0468 e. The van der Waals surface area contributed by atoms with Crippen molar-refractivity contribution >= 4 is 0 Å². The van der Waals surface area contributed by atoms with E-state index in [1.165, 1.54) is 58.2 Å². The lowest BCUT2D eigenvalue weighted by Crippen LogP contribution is -2.35. The minimum Gasteiger partial charge on any atom is -0.385 e. The molecule has 1 atom stereocenters. The molecule has 2 rings (SSSR count). The van der Waals surface area contributed by atoms with Crippen LogP contribution in [0.5, 0.6) is 0 Å². The Morgan fingerprint density at radius 3 is 2.82 bits per heavy atom. The van der Waals surface area contributed by atoms with Gasteiger partial charge in [-0.25, -0.2) is 0 Å². The molecule has 3 nitrogen and oxygen atoms in total. The van der Waals surface area contributed by atoms with E-state index in [0.717, 1.165) is 12.6 Å². The molecule has 2 fully saturated rings. The lowest BCUT2D eigenvalue weighted by atomic mass is 10.0. The van der Waals surface area contributed by atoms with Gasteiger partial charge in [0.1, 0.15) is 0 Å². The smallest absolute Gasteiger partial charge is 0.0468 e. The number of rotatable bonds is 6. The maximum absolute atomic E-state index is 5.21. The van der Waals surface area contributed by atoms with E-state index in [-0.39, 0.29) is 0 Å². The third-order valence-electron chi connectivity index (χ3n) is 4.51. The van der Waals surface area contributed by atoms with E-state index in [0.29, 0.717) is 5.41 Å². The summed E-state index contributed by atoms with van der Waals surface area (Å²) in [5.74, 6) is 0. The zero-order valence-electron chi connectivity index (χ0n) is 11.5. The molecule has 1 aliphatic heterocycles. The lowest BCUT2D eigenvalue weighted by molar-refractivity contribution is 0.169. The highest BCUT2D eigenvalue weighted by Crippen LogP contribution is 2.48. The average Bonchev–Trinajstić information content (AvgIpc) is 3.11. The molecule has 0 bridgehead atoms. The second-order valence-electron chi connectivity index (χ2n) is 6.05. The number of hydrogen-bond donors (Lipinski definition) is 1. The van der Waals surface area contributed by atoms with Crippen LogP contribution < -0.4 is 5.32 Å². The Hall–Kier alpha value is -0.120. The minimum atomic E-state index is 0.591. The van der Waals surface area contributed by atoms with Gasteiger partial charge in [0, 0.05) is 26.3 Å². The highest BCUT2D eigenvalue weighted by atomic mass is 16.5. The Balaban J connectivity index is 1.67. The zero-order chi connectivity index (χ0) is 12.1. The van der Waals surface area contributed by atoms with E-state index in [1.807, 2.05) is 7.11 Å². The number of ether oxygens (including phenoxy) is 1. The molecule has 1 N–H and O–H groups in total. The van der Waals surface area contributed by atoms with Gasteiger partial charge in [0.15, 0.2) is 0 Å². The van der Waals surface area contributed by atoms with E-state index in [9.17, 15) is 0 Å². The summed E-state index contributed by atoms with van der Waals surface area (Å²) >= 11 is 0. The van der Waals surface area contributed by atoms with Crippen molar-refractivity contribution in [1.29, 1.82) is 0 Å². The van der Waals surface area contributed by atoms with Crippen molar-refractivity contribution in [1.82, 2.24) is 10.2 Å². The first kappa shape index (κ1) is 13.3. The van der Waals surface area contributed by atoms with Crippen molar-refractivity contribution < 1.29 is 4.74 Å². The van der Waals surface area contributed by atoms with Crippen molar-refractivity contribution in [2.24, 2.45) is 5.41 Å². The van der Waals surface area contributed by atoms with Gasteiger partial charge >= 0.3 is 0 Å². The van der Waals surface area contributed by atoms with Crippen LogP contribution >= 0.6 is 0 Å². The van der Waals surface area contributed by atoms with Crippen LogP contribution in [-0.2, 0) is 4.74 Å². The molecule has 0 spiro atoms. The number of methoxy groups -OCH3 is 1. The highest BCUT2D eigenvalue weighted by molar-refractivity contribution is 4.95. The zero-order valence-corrected chi connectivity index (χ0v) is 11.5. The largest absolute Gasteiger partial charge is 0.385 e. The second kappa shape index (κ2) is 6.17. The summed E-state index contributed by atoms with van der Waals surface area (Å²) in [5.41, 5.74) is 0.591. The number of nitrogens with one attached hydrogen (secondary N) is 1. The molecule has 2 aliphatic rings. The van der Waals surface area contributed by atoms with Gasteiger partial charge < -0.3 is 15.0 Å². The van der Waals surface area contributed by atoms with Gasteiger partial charge in [0.05, 0.1) is 0 Å². The molecule has 0 aromatic heterocycles. The molecule has 0 radical (unpaired) electrons. The molecule has 1 aliphatic carbocycles. The summed E-state index contributed by atoms with van der Waals surface area (Å²) in [4.78, 5) is 2.46. The lowest BCUT2D eigenvalue weighted by Gasteiger charge is -2.21. The molecular formula is C14H28N2O. The Labute approximate surface area is 106 Å². The van der Waals surface area contributed by atoms with Crippen LogP contribution in [0.3, 0.4) is 0 Å². The number of hydrogen-bond acceptors (Lipinski definition) is 3. The van der Waals surface area contributed by atoms with Crippen LogP contribution in [0.25, 0.3) is 0 Å². The SMILES string of the molecule is COCCC1(CNC2CCCN(C)CC2)CC1. The summed E-state index contributed by atoms with van der Waals surface area (Å²) in [7, 11) is 4.05. The second-order valence-corrected chi connectivity index (χ2v) is 6.05. The molecule has 17 heavy (non-hydrogen) atoms. The van der Waals surface area contributed by atoms with Crippen LogP contribution in [0.2, 0.25) is 0 Å². The molecule has 3 heteroatoms. The molecule has 1 saturated carbocycles. The minimum absolute atomic E-state index is 0.591. The number of nitrogens with zero attached hydrogens (tertiary/aromatic N) is 1. The fourth-order valence-corrected chi connectivity index (χ4v) is 2.82. The van der Waals surface area contributed by atoms with Crippen LogP contribution in [0.15, 0.2) is 0 Å². The molecule has 0 amide bonds. The van der Waals surface area contributed by atoms with Gasteiger partial charge in [-0.3, -0.25) is 0 Å². The third-order valence-corrected chi connectivity index (χ3v) is 4.51. The van der Waals surface area contributed by atoms with Crippen LogP contribution in [-0.4, -0.2) is 51.3 Å². The molecule has 1 saturated heterocycles. The van der Waals surface area contributed by atoms with Crippen LogP contribution in [0.1, 0.15) is 38.5 Å². The Morgan fingerprint density at radius 2 is 2.12 bits per heavy atom. The van der Waals surface area contributed by atoms with Crippen molar-refractivity contribution in [3.63, 3.8) is 0 Å². The summed E-state index contributed by atoms with van der Waals surface area (Å²) in [5, 5.41) is 3.81. The number of likely N-dealkylation sites (tertiary alicyclic amines) is 1. The van der Waals surface area contributed by atoms with Gasteiger partial charge in [-0.15, -0.1) is 0 Å². The van der Waals surface area contributed by atoms with Crippen molar-refractivity contribution in [2.45, 2.75) is 44.6 Å². The van der Waals surface area contributed by atoms with E-state index < -0.39 is 0 Å². The maximum atomic E-state index is 5.21. The topological polar surface area (TPSA) is 24.5 Å². The van der Waals surface area contributed by atoms with E-state index in [4.69, 9.17) is 4.74 Å². The molecule has 1 unspecified atom stereocenters. The molecule has 0 aromatic rings.